The van der Waals surface area contributed by atoms with E-state index >= 15 is 0 Å². The number of ether oxygens (including phenoxy) is 1. The van der Waals surface area contributed by atoms with Crippen molar-refractivity contribution in [2.45, 2.75) is 52.2 Å². The van der Waals surface area contributed by atoms with Crippen molar-refractivity contribution in [1.29, 1.82) is 0 Å². The molecule has 0 bridgehead atoms. The summed E-state index contributed by atoms with van der Waals surface area (Å²) in [6, 6.07) is 4.57. The molecule has 2 N–H and O–H groups in total. The summed E-state index contributed by atoms with van der Waals surface area (Å²) in [7, 11) is 0. The van der Waals surface area contributed by atoms with Crippen LogP contribution in [-0.4, -0.2) is 23.3 Å². The second-order valence-corrected chi connectivity index (χ2v) is 6.10. The van der Waals surface area contributed by atoms with E-state index in [4.69, 9.17) is 4.74 Å². The minimum atomic E-state index is -0.662. The molecule has 1 rings (SSSR count). The lowest BCUT2D eigenvalue weighted by atomic mass is 10.0. The van der Waals surface area contributed by atoms with Gasteiger partial charge in [0.2, 0.25) is 0 Å². The van der Waals surface area contributed by atoms with Crippen molar-refractivity contribution >= 4 is 6.09 Å². The van der Waals surface area contributed by atoms with Crippen LogP contribution in [0.15, 0.2) is 18.2 Å². The Hall–Kier alpha value is -1.62. The van der Waals surface area contributed by atoms with E-state index in [2.05, 4.69) is 5.32 Å². The van der Waals surface area contributed by atoms with Crippen LogP contribution >= 0.6 is 0 Å². The van der Waals surface area contributed by atoms with Crippen LogP contribution in [0.4, 0.5) is 9.18 Å². The summed E-state index contributed by atoms with van der Waals surface area (Å²) in [5.74, 6) is -0.280. The Morgan fingerprint density at radius 3 is 2.67 bits per heavy atom. The van der Waals surface area contributed by atoms with Gasteiger partial charge in [-0.3, -0.25) is 0 Å². The molecule has 0 saturated carbocycles. The summed E-state index contributed by atoms with van der Waals surface area (Å²) >= 11 is 0. The van der Waals surface area contributed by atoms with Crippen molar-refractivity contribution in [3.05, 3.63) is 35.1 Å². The minimum Gasteiger partial charge on any atom is -0.444 e. The van der Waals surface area contributed by atoms with Crippen molar-refractivity contribution in [1.82, 2.24) is 5.32 Å². The van der Waals surface area contributed by atoms with Gasteiger partial charge < -0.3 is 15.2 Å². The lowest BCUT2D eigenvalue weighted by molar-refractivity contribution is 0.0523. The molecule has 0 aliphatic rings. The van der Waals surface area contributed by atoms with Gasteiger partial charge in [-0.1, -0.05) is 12.1 Å². The molecule has 1 amide bonds. The summed E-state index contributed by atoms with van der Waals surface area (Å²) in [5, 5.41) is 12.7. The normalized spacial score (nSPS) is 12.9. The average molecular weight is 297 g/mol. The molecule has 0 saturated heterocycles. The maximum Gasteiger partial charge on any atom is 0.407 e. The SMILES string of the molecule is Cc1cc(C(O)CCCNC(=O)OC(C)(C)C)ccc1F. The van der Waals surface area contributed by atoms with Gasteiger partial charge in [0.1, 0.15) is 11.4 Å². The Bertz CT molecular complexity index is 483. The molecular weight excluding hydrogens is 273 g/mol. The third kappa shape index (κ3) is 6.58. The van der Waals surface area contributed by atoms with Crippen LogP contribution in [0, 0.1) is 12.7 Å². The van der Waals surface area contributed by atoms with Gasteiger partial charge in [-0.15, -0.1) is 0 Å². The first-order valence-electron chi connectivity index (χ1n) is 7.10. The predicted molar refractivity (Wildman–Crippen MR) is 79.6 cm³/mol. The highest BCUT2D eigenvalue weighted by Crippen LogP contribution is 2.20. The van der Waals surface area contributed by atoms with Crippen LogP contribution in [-0.2, 0) is 4.74 Å². The van der Waals surface area contributed by atoms with E-state index in [1.807, 2.05) is 0 Å². The van der Waals surface area contributed by atoms with Gasteiger partial charge >= 0.3 is 6.09 Å². The quantitative estimate of drug-likeness (QED) is 0.818. The molecule has 0 aromatic heterocycles. The van der Waals surface area contributed by atoms with Crippen LogP contribution in [0.2, 0.25) is 0 Å². The van der Waals surface area contributed by atoms with Crippen molar-refractivity contribution < 1.29 is 19.0 Å². The summed E-state index contributed by atoms with van der Waals surface area (Å²) in [6.07, 6.45) is -0.0307. The van der Waals surface area contributed by atoms with Gasteiger partial charge in [-0.05, 0) is 57.7 Å². The van der Waals surface area contributed by atoms with Crippen LogP contribution in [0.5, 0.6) is 0 Å². The highest BCUT2D eigenvalue weighted by Gasteiger charge is 2.15. The zero-order valence-electron chi connectivity index (χ0n) is 13.1. The maximum absolute atomic E-state index is 13.1. The number of carbonyl (C=O) groups is 1. The topological polar surface area (TPSA) is 58.6 Å². The van der Waals surface area contributed by atoms with Crippen LogP contribution in [0.25, 0.3) is 0 Å². The molecule has 0 heterocycles. The first kappa shape index (κ1) is 17.4. The molecule has 1 aromatic rings. The molecule has 4 nitrogen and oxygen atoms in total. The van der Waals surface area contributed by atoms with E-state index in [9.17, 15) is 14.3 Å². The largest absolute Gasteiger partial charge is 0.444 e. The fraction of sp³-hybridized carbons (Fsp3) is 0.562. The fourth-order valence-electron chi connectivity index (χ4n) is 1.84. The first-order chi connectivity index (χ1) is 9.69. The van der Waals surface area contributed by atoms with Gasteiger partial charge in [0.25, 0.3) is 0 Å². The van der Waals surface area contributed by atoms with Crippen molar-refractivity contribution in [2.24, 2.45) is 0 Å². The predicted octanol–water partition coefficient (Wildman–Crippen LogP) is 3.47. The Morgan fingerprint density at radius 2 is 2.10 bits per heavy atom. The molecule has 1 aromatic carbocycles. The Kier molecular flexibility index (Phi) is 6.15. The fourth-order valence-corrected chi connectivity index (χ4v) is 1.84. The van der Waals surface area contributed by atoms with Gasteiger partial charge in [0, 0.05) is 6.54 Å². The first-order valence-corrected chi connectivity index (χ1v) is 7.10. The third-order valence-corrected chi connectivity index (χ3v) is 2.89. The summed E-state index contributed by atoms with van der Waals surface area (Å²) in [5.41, 5.74) is 0.680. The number of hydrogen-bond acceptors (Lipinski definition) is 3. The molecule has 21 heavy (non-hydrogen) atoms. The Balaban J connectivity index is 2.32. The highest BCUT2D eigenvalue weighted by atomic mass is 19.1. The minimum absolute atomic E-state index is 0.280. The van der Waals surface area contributed by atoms with Crippen LogP contribution in [0.1, 0.15) is 50.8 Å². The molecular formula is C16H24FNO3. The molecule has 0 radical (unpaired) electrons. The molecule has 0 fully saturated rings. The smallest absolute Gasteiger partial charge is 0.407 e. The Morgan fingerprint density at radius 1 is 1.43 bits per heavy atom. The monoisotopic (exact) mass is 297 g/mol. The third-order valence-electron chi connectivity index (χ3n) is 2.89. The van der Waals surface area contributed by atoms with E-state index in [-0.39, 0.29) is 5.82 Å². The van der Waals surface area contributed by atoms with Crippen molar-refractivity contribution in [3.8, 4) is 0 Å². The number of nitrogens with one attached hydrogen (secondary N) is 1. The van der Waals surface area contributed by atoms with Gasteiger partial charge in [0.05, 0.1) is 6.10 Å². The molecule has 1 atom stereocenters. The van der Waals surface area contributed by atoms with Crippen LogP contribution in [0.3, 0.4) is 0 Å². The molecule has 0 spiro atoms. The number of rotatable bonds is 5. The van der Waals surface area contributed by atoms with Gasteiger partial charge in [-0.25, -0.2) is 9.18 Å². The number of alkyl carbamates (subject to hydrolysis) is 1. The molecule has 5 heteroatoms. The van der Waals surface area contributed by atoms with Gasteiger partial charge in [0.15, 0.2) is 0 Å². The van der Waals surface area contributed by atoms with E-state index in [0.717, 1.165) is 0 Å². The van der Waals surface area contributed by atoms with Crippen molar-refractivity contribution in [3.63, 3.8) is 0 Å². The molecule has 0 aliphatic carbocycles. The number of carbonyl (C=O) groups excluding carboxylic acids is 1. The number of halogens is 1. The lowest BCUT2D eigenvalue weighted by Crippen LogP contribution is -2.33. The highest BCUT2D eigenvalue weighted by molar-refractivity contribution is 5.67. The zero-order chi connectivity index (χ0) is 16.0. The summed E-state index contributed by atoms with van der Waals surface area (Å²) in [4.78, 5) is 11.4. The van der Waals surface area contributed by atoms with E-state index in [1.54, 1.807) is 39.8 Å². The van der Waals surface area contributed by atoms with Crippen molar-refractivity contribution in [2.75, 3.05) is 6.54 Å². The summed E-state index contributed by atoms with van der Waals surface area (Å²) in [6.45, 7) is 7.48. The number of benzene rings is 1. The van der Waals surface area contributed by atoms with E-state index in [1.165, 1.54) is 6.07 Å². The second-order valence-electron chi connectivity index (χ2n) is 6.10. The Labute approximate surface area is 125 Å². The number of amides is 1. The molecule has 1 unspecified atom stereocenters. The van der Waals surface area contributed by atoms with E-state index < -0.39 is 17.8 Å². The molecule has 118 valence electrons. The standard InChI is InChI=1S/C16H24FNO3/c1-11-10-12(7-8-13(11)17)14(19)6-5-9-18-15(20)21-16(2,3)4/h7-8,10,14,19H,5-6,9H2,1-4H3,(H,18,20). The molecule has 0 aliphatic heterocycles. The zero-order valence-corrected chi connectivity index (χ0v) is 13.1. The number of aliphatic hydroxyl groups excluding tert-OH is 1. The number of aryl methyl sites for hydroxylation is 1. The lowest BCUT2D eigenvalue weighted by Gasteiger charge is -2.19. The number of hydrogen-bond donors (Lipinski definition) is 2. The van der Waals surface area contributed by atoms with Gasteiger partial charge in [-0.2, -0.15) is 0 Å². The average Bonchev–Trinajstić information content (AvgIpc) is 2.35. The van der Waals surface area contributed by atoms with Crippen LogP contribution < -0.4 is 5.32 Å². The number of aliphatic hydroxyl groups is 1. The van der Waals surface area contributed by atoms with E-state index in [0.29, 0.717) is 30.5 Å². The maximum atomic E-state index is 13.1. The second kappa shape index (κ2) is 7.41. The summed E-state index contributed by atoms with van der Waals surface area (Å²) < 4.78 is 18.3.